The number of aromatic nitrogens is 2. The minimum Gasteiger partial charge on any atom is -0.353 e. The smallest absolute Gasteiger partial charge is 0.241 e. The molecule has 0 spiro atoms. The molecule has 1 aromatic rings. The lowest BCUT2D eigenvalue weighted by atomic mass is 9.86. The van der Waals surface area contributed by atoms with E-state index in [9.17, 15) is 4.79 Å². The van der Waals surface area contributed by atoms with E-state index in [1.807, 2.05) is 0 Å². The van der Waals surface area contributed by atoms with Crippen LogP contribution in [-0.2, 0) is 11.3 Å². The van der Waals surface area contributed by atoms with Crippen LogP contribution in [0.2, 0.25) is 0 Å². The van der Waals surface area contributed by atoms with E-state index in [1.165, 1.54) is 44.9 Å². The Labute approximate surface area is 169 Å². The second-order valence-corrected chi connectivity index (χ2v) is 8.54. The lowest BCUT2D eigenvalue weighted by Gasteiger charge is -2.31. The van der Waals surface area contributed by atoms with Crippen molar-refractivity contribution in [1.82, 2.24) is 25.3 Å². The fourth-order valence-electron chi connectivity index (χ4n) is 4.17. The Morgan fingerprint density at radius 1 is 1.21 bits per heavy atom. The van der Waals surface area contributed by atoms with Gasteiger partial charge < -0.3 is 15.5 Å². The number of hydrogen-bond donors (Lipinski definition) is 2. The highest BCUT2D eigenvalue weighted by molar-refractivity contribution is 5.86. The average Bonchev–Trinajstić information content (AvgIpc) is 3.36. The van der Waals surface area contributed by atoms with Crippen molar-refractivity contribution >= 4 is 11.9 Å². The number of hydrogen-bond acceptors (Lipinski definition) is 3. The number of aliphatic imine (C=N–C) groups is 1. The number of rotatable bonds is 6. The molecule has 7 heteroatoms. The van der Waals surface area contributed by atoms with E-state index in [1.54, 1.807) is 19.0 Å². The Bertz CT molecular complexity index is 662. The molecule has 0 aliphatic heterocycles. The van der Waals surface area contributed by atoms with Crippen LogP contribution in [0.25, 0.3) is 0 Å². The highest BCUT2D eigenvalue weighted by atomic mass is 16.2. The second-order valence-electron chi connectivity index (χ2n) is 8.54. The molecule has 2 aliphatic rings. The van der Waals surface area contributed by atoms with E-state index in [0.29, 0.717) is 30.5 Å². The summed E-state index contributed by atoms with van der Waals surface area (Å²) in [4.78, 5) is 18.3. The van der Waals surface area contributed by atoms with Crippen molar-refractivity contribution in [3.63, 3.8) is 0 Å². The van der Waals surface area contributed by atoms with Crippen LogP contribution in [0.1, 0.15) is 70.0 Å². The topological polar surface area (TPSA) is 74.5 Å². The molecule has 1 heterocycles. The van der Waals surface area contributed by atoms with Gasteiger partial charge in [0.05, 0.1) is 24.8 Å². The second kappa shape index (κ2) is 9.94. The first-order valence-corrected chi connectivity index (χ1v) is 10.8. The van der Waals surface area contributed by atoms with Crippen LogP contribution in [0.15, 0.2) is 17.3 Å². The van der Waals surface area contributed by atoms with Crippen LogP contribution < -0.4 is 10.6 Å². The largest absolute Gasteiger partial charge is 0.353 e. The molecule has 0 saturated heterocycles. The Kier molecular flexibility index (Phi) is 7.34. The third-order valence-electron chi connectivity index (χ3n) is 6.10. The molecular weight excluding hydrogens is 352 g/mol. The van der Waals surface area contributed by atoms with Crippen molar-refractivity contribution in [3.8, 4) is 0 Å². The Morgan fingerprint density at radius 2 is 1.93 bits per heavy atom. The standard InChI is InChI=1S/C21H36N6O/c1-16-8-4-7-11-19(16)24-21(23-15-20(28)26(2)3)22-14-17-12-13-27(25-17)18-9-5-6-10-18/h12-13,16,18-19H,4-11,14-15H2,1-3H3,(H2,22,23,24). The molecule has 2 fully saturated rings. The van der Waals surface area contributed by atoms with E-state index < -0.39 is 0 Å². The van der Waals surface area contributed by atoms with Gasteiger partial charge in [-0.05, 0) is 37.7 Å². The van der Waals surface area contributed by atoms with Gasteiger partial charge in [0.25, 0.3) is 0 Å². The maximum absolute atomic E-state index is 12.0. The average molecular weight is 389 g/mol. The number of likely N-dealkylation sites (N-methyl/N-ethyl adjacent to an activating group) is 1. The van der Waals surface area contributed by atoms with Crippen molar-refractivity contribution in [2.24, 2.45) is 10.9 Å². The van der Waals surface area contributed by atoms with Gasteiger partial charge in [0, 0.05) is 26.3 Å². The molecule has 1 amide bonds. The van der Waals surface area contributed by atoms with Gasteiger partial charge in [-0.15, -0.1) is 0 Å². The summed E-state index contributed by atoms with van der Waals surface area (Å²) in [6.45, 7) is 3.06. The maximum atomic E-state index is 12.0. The molecule has 2 atom stereocenters. The van der Waals surface area contributed by atoms with Crippen molar-refractivity contribution in [2.75, 3.05) is 20.6 Å². The highest BCUT2D eigenvalue weighted by Gasteiger charge is 2.22. The Hall–Kier alpha value is -2.05. The zero-order valence-electron chi connectivity index (χ0n) is 17.7. The van der Waals surface area contributed by atoms with Crippen molar-refractivity contribution < 1.29 is 4.79 Å². The van der Waals surface area contributed by atoms with Crippen LogP contribution in [0.3, 0.4) is 0 Å². The van der Waals surface area contributed by atoms with Gasteiger partial charge in [-0.1, -0.05) is 32.6 Å². The number of carbonyl (C=O) groups excluding carboxylic acids is 1. The van der Waals surface area contributed by atoms with Gasteiger partial charge in [-0.25, -0.2) is 4.99 Å². The van der Waals surface area contributed by atoms with Crippen molar-refractivity contribution in [1.29, 1.82) is 0 Å². The summed E-state index contributed by atoms with van der Waals surface area (Å²) in [7, 11) is 3.54. The Morgan fingerprint density at radius 3 is 2.64 bits per heavy atom. The first kappa shape index (κ1) is 20.7. The molecule has 156 valence electrons. The summed E-state index contributed by atoms with van der Waals surface area (Å²) in [5.41, 5.74) is 0.976. The molecule has 2 N–H and O–H groups in total. The lowest BCUT2D eigenvalue weighted by Crippen LogP contribution is -2.49. The molecule has 0 radical (unpaired) electrons. The molecule has 0 aromatic carbocycles. The summed E-state index contributed by atoms with van der Waals surface area (Å²) in [5.74, 6) is 1.37. The molecule has 0 bridgehead atoms. The fourth-order valence-corrected chi connectivity index (χ4v) is 4.17. The number of carbonyl (C=O) groups is 1. The Balaban J connectivity index is 1.63. The third-order valence-corrected chi connectivity index (χ3v) is 6.10. The summed E-state index contributed by atoms with van der Waals surface area (Å²) >= 11 is 0. The van der Waals surface area contributed by atoms with Gasteiger partial charge in [-0.2, -0.15) is 5.10 Å². The molecular formula is C21H36N6O. The predicted octanol–water partition coefficient (Wildman–Crippen LogP) is 2.70. The third kappa shape index (κ3) is 5.72. The van der Waals surface area contributed by atoms with Gasteiger partial charge in [0.1, 0.15) is 0 Å². The summed E-state index contributed by atoms with van der Waals surface area (Å²) in [6, 6.07) is 3.02. The molecule has 1 aromatic heterocycles. The lowest BCUT2D eigenvalue weighted by molar-refractivity contribution is -0.127. The summed E-state index contributed by atoms with van der Waals surface area (Å²) < 4.78 is 2.11. The van der Waals surface area contributed by atoms with Crippen LogP contribution >= 0.6 is 0 Å². The predicted molar refractivity (Wildman–Crippen MR) is 112 cm³/mol. The van der Waals surface area contributed by atoms with Crippen LogP contribution in [-0.4, -0.2) is 53.2 Å². The molecule has 3 rings (SSSR count). The summed E-state index contributed by atoms with van der Waals surface area (Å²) in [5, 5.41) is 11.5. The minimum atomic E-state index is 0.0386. The number of amides is 1. The maximum Gasteiger partial charge on any atom is 0.241 e. The van der Waals surface area contributed by atoms with Crippen LogP contribution in [0, 0.1) is 5.92 Å². The van der Waals surface area contributed by atoms with Crippen LogP contribution in [0.5, 0.6) is 0 Å². The van der Waals surface area contributed by atoms with E-state index in [4.69, 9.17) is 10.1 Å². The molecule has 7 nitrogen and oxygen atoms in total. The molecule has 2 saturated carbocycles. The van der Waals surface area contributed by atoms with E-state index >= 15 is 0 Å². The zero-order valence-corrected chi connectivity index (χ0v) is 17.7. The SMILES string of the molecule is CC1CCCCC1NC(=NCc1ccn(C2CCCC2)n1)NCC(=O)N(C)C. The van der Waals surface area contributed by atoms with Gasteiger partial charge in [-0.3, -0.25) is 9.48 Å². The number of guanidine groups is 1. The summed E-state index contributed by atoms with van der Waals surface area (Å²) in [6.07, 6.45) is 12.1. The molecule has 28 heavy (non-hydrogen) atoms. The fraction of sp³-hybridized carbons (Fsp3) is 0.762. The highest BCUT2D eigenvalue weighted by Crippen LogP contribution is 2.28. The van der Waals surface area contributed by atoms with Gasteiger partial charge in [0.2, 0.25) is 5.91 Å². The van der Waals surface area contributed by atoms with Gasteiger partial charge in [0.15, 0.2) is 5.96 Å². The van der Waals surface area contributed by atoms with Crippen LogP contribution in [0.4, 0.5) is 0 Å². The van der Waals surface area contributed by atoms with E-state index in [2.05, 4.69) is 34.5 Å². The van der Waals surface area contributed by atoms with E-state index in [-0.39, 0.29) is 12.5 Å². The minimum absolute atomic E-state index is 0.0386. The zero-order chi connectivity index (χ0) is 19.9. The van der Waals surface area contributed by atoms with Crippen molar-refractivity contribution in [3.05, 3.63) is 18.0 Å². The number of nitrogens with one attached hydrogen (secondary N) is 2. The van der Waals surface area contributed by atoms with Crippen molar-refractivity contribution in [2.45, 2.75) is 76.9 Å². The quantitative estimate of drug-likeness (QED) is 0.580. The first-order valence-electron chi connectivity index (χ1n) is 10.8. The molecule has 2 unspecified atom stereocenters. The first-order chi connectivity index (χ1) is 13.5. The monoisotopic (exact) mass is 388 g/mol. The number of nitrogens with zero attached hydrogens (tertiary/aromatic N) is 4. The normalized spacial score (nSPS) is 23.6. The van der Waals surface area contributed by atoms with E-state index in [0.717, 1.165) is 12.1 Å². The van der Waals surface area contributed by atoms with Gasteiger partial charge >= 0.3 is 0 Å². The molecule has 2 aliphatic carbocycles.